The van der Waals surface area contributed by atoms with E-state index in [1.165, 1.54) is 10.1 Å². The van der Waals surface area contributed by atoms with Crippen LogP contribution in [0.2, 0.25) is 5.02 Å². The first-order valence-electron chi connectivity index (χ1n) is 6.14. The van der Waals surface area contributed by atoms with Crippen molar-refractivity contribution < 1.29 is 0 Å². The first-order valence-corrected chi connectivity index (χ1v) is 8.63. The quantitative estimate of drug-likeness (QED) is 0.418. The molecule has 1 aromatic heterocycles. The summed E-state index contributed by atoms with van der Waals surface area (Å²) in [5.74, 6) is 0. The largest absolute Gasteiger partial charge is 0.142 e. The van der Waals surface area contributed by atoms with Crippen molar-refractivity contribution in [2.75, 3.05) is 0 Å². The molecule has 0 nitrogen and oxygen atoms in total. The zero-order valence-corrected chi connectivity index (χ0v) is 14.6. The smallest absolute Gasteiger partial charge is 0.0852 e. The van der Waals surface area contributed by atoms with Gasteiger partial charge in [0.05, 0.1) is 5.38 Å². The van der Waals surface area contributed by atoms with Crippen LogP contribution in [0, 0.1) is 6.92 Å². The molecule has 2 aromatic carbocycles. The molecular weight excluding hydrogens is 375 g/mol. The average Bonchev–Trinajstić information content (AvgIpc) is 2.86. The molecule has 0 saturated heterocycles. The average molecular weight is 386 g/mol. The summed E-state index contributed by atoms with van der Waals surface area (Å²) in [6.07, 6.45) is 0. The highest BCUT2D eigenvalue weighted by Gasteiger charge is 2.18. The minimum absolute atomic E-state index is 0.184. The van der Waals surface area contributed by atoms with Crippen LogP contribution in [0.5, 0.6) is 0 Å². The van der Waals surface area contributed by atoms with E-state index in [0.29, 0.717) is 0 Å². The van der Waals surface area contributed by atoms with Crippen LogP contribution in [0.25, 0.3) is 10.1 Å². The van der Waals surface area contributed by atoms with Crippen LogP contribution in [0.15, 0.2) is 46.3 Å². The van der Waals surface area contributed by atoms with Gasteiger partial charge in [-0.1, -0.05) is 35.9 Å². The van der Waals surface area contributed by atoms with Crippen LogP contribution in [-0.4, -0.2) is 0 Å². The lowest BCUT2D eigenvalue weighted by Gasteiger charge is -2.13. The topological polar surface area (TPSA) is 0 Å². The molecule has 1 heterocycles. The van der Waals surface area contributed by atoms with Crippen molar-refractivity contribution in [1.29, 1.82) is 0 Å². The maximum Gasteiger partial charge on any atom is 0.0852 e. The lowest BCUT2D eigenvalue weighted by Crippen LogP contribution is -1.96. The molecule has 0 N–H and O–H groups in total. The predicted molar refractivity (Wildman–Crippen MR) is 93.4 cm³/mol. The maximum absolute atomic E-state index is 6.71. The second kappa shape index (κ2) is 5.69. The summed E-state index contributed by atoms with van der Waals surface area (Å²) in [7, 11) is 0. The molecule has 0 aliphatic carbocycles. The molecule has 0 bridgehead atoms. The molecule has 0 aliphatic heterocycles. The molecule has 0 aliphatic rings. The van der Waals surface area contributed by atoms with Gasteiger partial charge in [-0.25, -0.2) is 0 Å². The Labute approximate surface area is 140 Å². The van der Waals surface area contributed by atoms with E-state index in [1.54, 1.807) is 11.3 Å². The molecule has 3 rings (SSSR count). The van der Waals surface area contributed by atoms with Crippen LogP contribution < -0.4 is 0 Å². The van der Waals surface area contributed by atoms with Gasteiger partial charge in [0, 0.05) is 14.2 Å². The van der Waals surface area contributed by atoms with E-state index in [-0.39, 0.29) is 5.38 Å². The minimum atomic E-state index is -0.184. The zero-order chi connectivity index (χ0) is 14.3. The number of hydrogen-bond donors (Lipinski definition) is 0. The van der Waals surface area contributed by atoms with Gasteiger partial charge in [-0.05, 0) is 62.4 Å². The van der Waals surface area contributed by atoms with Crippen molar-refractivity contribution in [2.45, 2.75) is 12.3 Å². The highest BCUT2D eigenvalue weighted by atomic mass is 79.9. The van der Waals surface area contributed by atoms with Gasteiger partial charge in [-0.3, -0.25) is 0 Å². The van der Waals surface area contributed by atoms with Gasteiger partial charge in [-0.2, -0.15) is 0 Å². The molecular formula is C16H11BrCl2S. The van der Waals surface area contributed by atoms with E-state index in [0.717, 1.165) is 26.2 Å². The number of rotatable bonds is 2. The van der Waals surface area contributed by atoms with Crippen molar-refractivity contribution in [1.82, 2.24) is 0 Å². The Morgan fingerprint density at radius 1 is 1.10 bits per heavy atom. The van der Waals surface area contributed by atoms with Crippen molar-refractivity contribution in [3.63, 3.8) is 0 Å². The summed E-state index contributed by atoms with van der Waals surface area (Å²) in [6, 6.07) is 12.1. The fourth-order valence-corrected chi connectivity index (χ4v) is 4.63. The normalized spacial score (nSPS) is 12.8. The van der Waals surface area contributed by atoms with Crippen molar-refractivity contribution in [3.05, 3.63) is 68.0 Å². The summed E-state index contributed by atoms with van der Waals surface area (Å²) in [5.41, 5.74) is 3.25. The molecule has 20 heavy (non-hydrogen) atoms. The third-order valence-corrected chi connectivity index (χ3v) is 6.29. The summed E-state index contributed by atoms with van der Waals surface area (Å²) < 4.78 is 2.34. The van der Waals surface area contributed by atoms with Gasteiger partial charge < -0.3 is 0 Å². The molecule has 3 aromatic rings. The highest BCUT2D eigenvalue weighted by molar-refractivity contribution is 9.10. The van der Waals surface area contributed by atoms with Crippen LogP contribution in [0.3, 0.4) is 0 Å². The third-order valence-electron chi connectivity index (χ3n) is 3.44. The minimum Gasteiger partial charge on any atom is -0.142 e. The van der Waals surface area contributed by atoms with Crippen LogP contribution >= 0.6 is 50.5 Å². The molecule has 0 fully saturated rings. The molecule has 102 valence electrons. The molecule has 0 saturated carbocycles. The number of halogens is 3. The second-order valence-electron chi connectivity index (χ2n) is 4.62. The van der Waals surface area contributed by atoms with Crippen molar-refractivity contribution in [2.24, 2.45) is 0 Å². The highest BCUT2D eigenvalue weighted by Crippen LogP contribution is 2.41. The second-order valence-corrected chi connectivity index (χ2v) is 7.20. The Balaban J connectivity index is 2.16. The summed E-state index contributed by atoms with van der Waals surface area (Å²) in [4.78, 5) is 0. The van der Waals surface area contributed by atoms with E-state index in [4.69, 9.17) is 23.2 Å². The van der Waals surface area contributed by atoms with Crippen LogP contribution in [-0.2, 0) is 0 Å². The van der Waals surface area contributed by atoms with Gasteiger partial charge in [0.25, 0.3) is 0 Å². The van der Waals surface area contributed by atoms with Crippen LogP contribution in [0.4, 0.5) is 0 Å². The number of thiophene rings is 1. The van der Waals surface area contributed by atoms with Gasteiger partial charge in [0.1, 0.15) is 0 Å². The van der Waals surface area contributed by atoms with Gasteiger partial charge in [0.2, 0.25) is 0 Å². The Morgan fingerprint density at radius 2 is 1.85 bits per heavy atom. The number of benzene rings is 2. The van der Waals surface area contributed by atoms with Crippen molar-refractivity contribution >= 4 is 60.6 Å². The Hall–Kier alpha value is -0.540. The lowest BCUT2D eigenvalue weighted by molar-refractivity contribution is 1.13. The molecule has 4 heteroatoms. The fourth-order valence-electron chi connectivity index (χ4n) is 2.30. The van der Waals surface area contributed by atoms with E-state index in [2.05, 4.69) is 33.4 Å². The summed E-state index contributed by atoms with van der Waals surface area (Å²) >= 11 is 18.2. The maximum atomic E-state index is 6.71. The number of alkyl halides is 1. The van der Waals surface area contributed by atoms with E-state index in [9.17, 15) is 0 Å². The number of fused-ring (bicyclic) bond motifs is 1. The van der Waals surface area contributed by atoms with Gasteiger partial charge in [0.15, 0.2) is 0 Å². The molecule has 1 unspecified atom stereocenters. The fraction of sp³-hybridized carbons (Fsp3) is 0.125. The zero-order valence-electron chi connectivity index (χ0n) is 10.7. The summed E-state index contributed by atoms with van der Waals surface area (Å²) in [5, 5.41) is 3.90. The molecule has 0 amide bonds. The molecule has 0 spiro atoms. The van der Waals surface area contributed by atoms with Gasteiger partial charge in [-0.15, -0.1) is 22.9 Å². The van der Waals surface area contributed by atoms with Crippen molar-refractivity contribution in [3.8, 4) is 0 Å². The SMILES string of the molecule is Cc1c(Cl)cccc1C(Cl)c1csc2c(Br)cccc12. The molecule has 1 atom stereocenters. The third kappa shape index (κ3) is 2.39. The van der Waals surface area contributed by atoms with E-state index >= 15 is 0 Å². The van der Waals surface area contributed by atoms with Gasteiger partial charge >= 0.3 is 0 Å². The van der Waals surface area contributed by atoms with Crippen LogP contribution in [0.1, 0.15) is 22.1 Å². The Kier molecular flexibility index (Phi) is 4.09. The standard InChI is InChI=1S/C16H11BrCl2S/c1-9-10(4-3-7-14(9)18)15(19)12-8-20-16-11(12)5-2-6-13(16)17/h2-8,15H,1H3. The van der Waals surface area contributed by atoms with E-state index < -0.39 is 0 Å². The first-order chi connectivity index (χ1) is 9.59. The van der Waals surface area contributed by atoms with E-state index in [1.807, 2.05) is 31.2 Å². The Morgan fingerprint density at radius 3 is 2.65 bits per heavy atom. The predicted octanol–water partition coefficient (Wildman–Crippen LogP) is 6.95. The Bertz CT molecular complexity index is 779. The monoisotopic (exact) mass is 384 g/mol. The lowest BCUT2D eigenvalue weighted by atomic mass is 9.99. The first kappa shape index (κ1) is 14.4. The number of hydrogen-bond acceptors (Lipinski definition) is 1. The molecule has 0 radical (unpaired) electrons. The summed E-state index contributed by atoms with van der Waals surface area (Å²) in [6.45, 7) is 2.01.